The second-order valence-corrected chi connectivity index (χ2v) is 7.96. The smallest absolute Gasteiger partial charge is 0.242 e. The number of aromatic nitrogens is 2. The molecule has 2 aromatic rings. The summed E-state index contributed by atoms with van der Waals surface area (Å²) in [7, 11) is 1.71. The zero-order valence-electron chi connectivity index (χ0n) is 16.2. The van der Waals surface area contributed by atoms with E-state index in [-0.39, 0.29) is 24.3 Å². The van der Waals surface area contributed by atoms with Gasteiger partial charge < -0.3 is 14.3 Å². The molecule has 2 heterocycles. The van der Waals surface area contributed by atoms with Gasteiger partial charge in [-0.05, 0) is 30.7 Å². The summed E-state index contributed by atoms with van der Waals surface area (Å²) in [6.45, 7) is 1.03. The van der Waals surface area contributed by atoms with E-state index in [1.54, 1.807) is 16.8 Å². The van der Waals surface area contributed by atoms with Crippen LogP contribution >= 0.6 is 0 Å². The van der Waals surface area contributed by atoms with E-state index in [4.69, 9.17) is 4.52 Å². The molecule has 1 atom stereocenters. The maximum atomic E-state index is 12.6. The molecule has 0 N–H and O–H groups in total. The van der Waals surface area contributed by atoms with Crippen LogP contribution in [0.5, 0.6) is 0 Å². The maximum Gasteiger partial charge on any atom is 0.242 e. The second kappa shape index (κ2) is 8.12. The first-order valence-corrected chi connectivity index (χ1v) is 9.96. The SMILES string of the molecule is CN(Cc1noc(C2CCC2)n1)C(=O)CN1C[C@@H](Cc2ccccc2)CC1=O. The van der Waals surface area contributed by atoms with Gasteiger partial charge >= 0.3 is 0 Å². The number of carbonyl (C=O) groups is 2. The maximum absolute atomic E-state index is 12.6. The standard InChI is InChI=1S/C21H26N4O3/c1-24(13-18-22-21(28-23-18)17-8-5-9-17)20(27)14-25-12-16(11-19(25)26)10-15-6-3-2-4-7-15/h2-4,6-7,16-17H,5,8-14H2,1H3/t16-/m0/s1. The van der Waals surface area contributed by atoms with E-state index in [9.17, 15) is 9.59 Å². The average molecular weight is 382 g/mol. The Morgan fingerprint density at radius 2 is 2.07 bits per heavy atom. The molecule has 7 heteroatoms. The van der Waals surface area contributed by atoms with Gasteiger partial charge in [-0.15, -0.1) is 0 Å². The molecule has 1 saturated heterocycles. The van der Waals surface area contributed by atoms with Crippen LogP contribution in [0.25, 0.3) is 0 Å². The lowest BCUT2D eigenvalue weighted by molar-refractivity contribution is -0.137. The van der Waals surface area contributed by atoms with Crippen molar-refractivity contribution in [2.24, 2.45) is 5.92 Å². The lowest BCUT2D eigenvalue weighted by Crippen LogP contribution is -2.39. The molecule has 0 unspecified atom stereocenters. The molecule has 1 saturated carbocycles. The molecule has 0 spiro atoms. The van der Waals surface area contributed by atoms with Crippen molar-refractivity contribution in [3.8, 4) is 0 Å². The normalized spacial score (nSPS) is 19.7. The van der Waals surface area contributed by atoms with Crippen LogP contribution in [0.15, 0.2) is 34.9 Å². The van der Waals surface area contributed by atoms with Crippen molar-refractivity contribution in [3.63, 3.8) is 0 Å². The number of hydrogen-bond donors (Lipinski definition) is 0. The molecule has 0 radical (unpaired) electrons. The summed E-state index contributed by atoms with van der Waals surface area (Å²) in [5.74, 6) is 1.78. The molecule has 2 aliphatic rings. The summed E-state index contributed by atoms with van der Waals surface area (Å²) in [6, 6.07) is 10.2. The van der Waals surface area contributed by atoms with Gasteiger partial charge in [-0.25, -0.2) is 0 Å². The molecule has 28 heavy (non-hydrogen) atoms. The lowest BCUT2D eigenvalue weighted by Gasteiger charge is -2.21. The third kappa shape index (κ3) is 4.24. The minimum absolute atomic E-state index is 0.0505. The van der Waals surface area contributed by atoms with Crippen molar-refractivity contribution < 1.29 is 14.1 Å². The van der Waals surface area contributed by atoms with Crippen LogP contribution in [0, 0.1) is 5.92 Å². The van der Waals surface area contributed by atoms with Crippen molar-refractivity contribution in [1.82, 2.24) is 19.9 Å². The molecule has 1 aromatic carbocycles. The number of nitrogens with zero attached hydrogens (tertiary/aromatic N) is 4. The molecule has 7 nitrogen and oxygen atoms in total. The highest BCUT2D eigenvalue weighted by atomic mass is 16.5. The minimum atomic E-state index is -0.108. The Bertz CT molecular complexity index is 831. The van der Waals surface area contributed by atoms with Gasteiger partial charge in [0.05, 0.1) is 13.1 Å². The molecule has 2 amide bonds. The van der Waals surface area contributed by atoms with Crippen molar-refractivity contribution >= 4 is 11.8 Å². The van der Waals surface area contributed by atoms with Gasteiger partial charge in [0.15, 0.2) is 5.82 Å². The third-order valence-corrected chi connectivity index (χ3v) is 5.73. The molecule has 0 bridgehead atoms. The predicted molar refractivity (Wildman–Crippen MR) is 102 cm³/mol. The highest BCUT2D eigenvalue weighted by Crippen LogP contribution is 2.35. The molecule has 148 valence electrons. The number of rotatable bonds is 7. The number of carbonyl (C=O) groups excluding carboxylic acids is 2. The summed E-state index contributed by atoms with van der Waals surface area (Å²) < 4.78 is 5.31. The van der Waals surface area contributed by atoms with Gasteiger partial charge in [-0.2, -0.15) is 4.98 Å². The molecule has 2 fully saturated rings. The fraction of sp³-hybridized carbons (Fsp3) is 0.524. The summed E-state index contributed by atoms with van der Waals surface area (Å²) in [5, 5.41) is 3.99. The van der Waals surface area contributed by atoms with E-state index in [2.05, 4.69) is 22.3 Å². The monoisotopic (exact) mass is 382 g/mol. The largest absolute Gasteiger partial charge is 0.339 e. The van der Waals surface area contributed by atoms with Crippen molar-refractivity contribution in [3.05, 3.63) is 47.6 Å². The first-order valence-electron chi connectivity index (χ1n) is 9.96. The van der Waals surface area contributed by atoms with Gasteiger partial charge in [0.2, 0.25) is 17.7 Å². The van der Waals surface area contributed by atoms with Crippen LogP contribution in [0.3, 0.4) is 0 Å². The first-order chi connectivity index (χ1) is 13.6. The highest BCUT2D eigenvalue weighted by molar-refractivity contribution is 5.86. The molecule has 4 rings (SSSR count). The lowest BCUT2D eigenvalue weighted by atomic mass is 9.85. The Morgan fingerprint density at radius 1 is 1.29 bits per heavy atom. The van der Waals surface area contributed by atoms with Crippen molar-refractivity contribution in [1.29, 1.82) is 0 Å². The van der Waals surface area contributed by atoms with E-state index >= 15 is 0 Å². The van der Waals surface area contributed by atoms with Gasteiger partial charge in [0.25, 0.3) is 0 Å². The summed E-state index contributed by atoms with van der Waals surface area (Å²) in [6.07, 6.45) is 4.76. The van der Waals surface area contributed by atoms with Gasteiger partial charge in [0, 0.05) is 25.9 Å². The quantitative estimate of drug-likeness (QED) is 0.735. The Kier molecular flexibility index (Phi) is 5.41. The van der Waals surface area contributed by atoms with Crippen molar-refractivity contribution in [2.45, 2.75) is 44.6 Å². The van der Waals surface area contributed by atoms with Crippen molar-refractivity contribution in [2.75, 3.05) is 20.1 Å². The summed E-state index contributed by atoms with van der Waals surface area (Å²) in [4.78, 5) is 32.5. The van der Waals surface area contributed by atoms with E-state index in [1.807, 2.05) is 18.2 Å². The zero-order chi connectivity index (χ0) is 19.5. The van der Waals surface area contributed by atoms with Gasteiger partial charge in [0.1, 0.15) is 0 Å². The molecular formula is C21H26N4O3. The first kappa shape index (κ1) is 18.7. The van der Waals surface area contributed by atoms with Crippen LogP contribution in [-0.4, -0.2) is 51.9 Å². The number of likely N-dealkylation sites (tertiary alicyclic amines) is 1. The molecular weight excluding hydrogens is 356 g/mol. The number of amides is 2. The fourth-order valence-corrected chi connectivity index (χ4v) is 3.83. The van der Waals surface area contributed by atoms with E-state index in [0.29, 0.717) is 37.1 Å². The summed E-state index contributed by atoms with van der Waals surface area (Å²) >= 11 is 0. The van der Waals surface area contributed by atoms with Crippen LogP contribution in [0.1, 0.15) is 48.9 Å². The van der Waals surface area contributed by atoms with Gasteiger partial charge in [-0.3, -0.25) is 9.59 Å². The van der Waals surface area contributed by atoms with Crippen LogP contribution in [0.4, 0.5) is 0 Å². The number of benzene rings is 1. The Labute approximate surface area is 164 Å². The van der Waals surface area contributed by atoms with Crippen LogP contribution in [-0.2, 0) is 22.6 Å². The third-order valence-electron chi connectivity index (χ3n) is 5.73. The van der Waals surface area contributed by atoms with E-state index in [1.165, 1.54) is 12.0 Å². The highest BCUT2D eigenvalue weighted by Gasteiger charge is 2.32. The second-order valence-electron chi connectivity index (χ2n) is 7.96. The van der Waals surface area contributed by atoms with E-state index < -0.39 is 0 Å². The minimum Gasteiger partial charge on any atom is -0.339 e. The number of likely N-dealkylation sites (N-methyl/N-ethyl adjacent to an activating group) is 1. The Morgan fingerprint density at radius 3 is 2.79 bits per heavy atom. The molecule has 1 aromatic heterocycles. The molecule has 1 aliphatic carbocycles. The van der Waals surface area contributed by atoms with Crippen LogP contribution < -0.4 is 0 Å². The zero-order valence-corrected chi connectivity index (χ0v) is 16.2. The Balaban J connectivity index is 1.27. The predicted octanol–water partition coefficient (Wildman–Crippen LogP) is 2.39. The molecule has 1 aliphatic heterocycles. The topological polar surface area (TPSA) is 79.5 Å². The average Bonchev–Trinajstić information content (AvgIpc) is 3.21. The Hall–Kier alpha value is -2.70. The van der Waals surface area contributed by atoms with Gasteiger partial charge in [-0.1, -0.05) is 41.9 Å². The summed E-state index contributed by atoms with van der Waals surface area (Å²) in [5.41, 5.74) is 1.23. The van der Waals surface area contributed by atoms with E-state index in [0.717, 1.165) is 19.3 Å². The van der Waals surface area contributed by atoms with Crippen LogP contribution in [0.2, 0.25) is 0 Å². The number of hydrogen-bond acceptors (Lipinski definition) is 5. The fourth-order valence-electron chi connectivity index (χ4n) is 3.83.